The van der Waals surface area contributed by atoms with E-state index in [1.54, 1.807) is 6.07 Å². The van der Waals surface area contributed by atoms with E-state index < -0.39 is 0 Å². The van der Waals surface area contributed by atoms with Crippen LogP contribution in [0.25, 0.3) is 0 Å². The zero-order valence-corrected chi connectivity index (χ0v) is 12.7. The van der Waals surface area contributed by atoms with Crippen LogP contribution >= 0.6 is 0 Å². The van der Waals surface area contributed by atoms with E-state index in [1.165, 1.54) is 0 Å². The number of nitrogens with one attached hydrogen (secondary N) is 1. The minimum absolute atomic E-state index is 0.0216. The normalized spacial score (nSPS) is 16.1. The zero-order chi connectivity index (χ0) is 15.1. The van der Waals surface area contributed by atoms with Gasteiger partial charge in [0.1, 0.15) is 0 Å². The second-order valence-electron chi connectivity index (χ2n) is 5.56. The highest BCUT2D eigenvalue weighted by Crippen LogP contribution is 2.17. The molecule has 1 aliphatic heterocycles. The van der Waals surface area contributed by atoms with Crippen LogP contribution in [0.2, 0.25) is 0 Å². The lowest BCUT2D eigenvalue weighted by Crippen LogP contribution is -2.37. The SMILES string of the molecule is CN(CCCC(=O)Nc1ccccc1N)C1CCOCC1. The second-order valence-corrected chi connectivity index (χ2v) is 5.56. The topological polar surface area (TPSA) is 67.6 Å². The first kappa shape index (κ1) is 15.8. The predicted molar refractivity (Wildman–Crippen MR) is 85.2 cm³/mol. The highest BCUT2D eigenvalue weighted by atomic mass is 16.5. The first-order valence-electron chi connectivity index (χ1n) is 7.59. The lowest BCUT2D eigenvalue weighted by molar-refractivity contribution is -0.116. The van der Waals surface area contributed by atoms with Crippen molar-refractivity contribution in [1.29, 1.82) is 0 Å². The van der Waals surface area contributed by atoms with Gasteiger partial charge in [0.05, 0.1) is 11.4 Å². The van der Waals surface area contributed by atoms with Gasteiger partial charge in [0.2, 0.25) is 5.91 Å². The molecule has 116 valence electrons. The molecule has 0 spiro atoms. The van der Waals surface area contributed by atoms with Crippen molar-refractivity contribution in [3.8, 4) is 0 Å². The van der Waals surface area contributed by atoms with E-state index in [0.717, 1.165) is 39.0 Å². The Bertz CT molecular complexity index is 459. The zero-order valence-electron chi connectivity index (χ0n) is 12.7. The molecule has 1 heterocycles. The highest BCUT2D eigenvalue weighted by Gasteiger charge is 2.18. The third-order valence-electron chi connectivity index (χ3n) is 3.96. The van der Waals surface area contributed by atoms with Crippen LogP contribution in [0, 0.1) is 0 Å². The maximum absolute atomic E-state index is 11.9. The summed E-state index contributed by atoms with van der Waals surface area (Å²) >= 11 is 0. The summed E-state index contributed by atoms with van der Waals surface area (Å²) in [5.74, 6) is 0.0216. The average Bonchev–Trinajstić information content (AvgIpc) is 2.50. The van der Waals surface area contributed by atoms with Gasteiger partial charge in [-0.2, -0.15) is 0 Å². The number of rotatable bonds is 6. The Kier molecular flexibility index (Phi) is 6.02. The number of benzene rings is 1. The summed E-state index contributed by atoms with van der Waals surface area (Å²) in [5, 5.41) is 2.86. The monoisotopic (exact) mass is 291 g/mol. The first-order valence-corrected chi connectivity index (χ1v) is 7.59. The van der Waals surface area contributed by atoms with Crippen LogP contribution in [0.5, 0.6) is 0 Å². The van der Waals surface area contributed by atoms with E-state index in [0.29, 0.717) is 23.8 Å². The summed E-state index contributed by atoms with van der Waals surface area (Å²) in [4.78, 5) is 14.3. The molecule has 3 N–H and O–H groups in total. The molecule has 2 rings (SSSR count). The lowest BCUT2D eigenvalue weighted by atomic mass is 10.1. The van der Waals surface area contributed by atoms with Gasteiger partial charge in [-0.1, -0.05) is 12.1 Å². The molecule has 1 amide bonds. The molecule has 5 heteroatoms. The molecular formula is C16H25N3O2. The Labute approximate surface area is 126 Å². The Morgan fingerprint density at radius 3 is 2.81 bits per heavy atom. The van der Waals surface area contributed by atoms with Gasteiger partial charge in [0, 0.05) is 25.7 Å². The molecule has 0 saturated carbocycles. The number of hydrogen-bond donors (Lipinski definition) is 2. The third kappa shape index (κ3) is 5.02. The van der Waals surface area contributed by atoms with Gasteiger partial charge in [-0.3, -0.25) is 4.79 Å². The molecule has 0 unspecified atom stereocenters. The Morgan fingerprint density at radius 2 is 2.10 bits per heavy atom. The van der Waals surface area contributed by atoms with Crippen molar-refractivity contribution in [2.45, 2.75) is 31.7 Å². The molecule has 0 bridgehead atoms. The molecule has 0 radical (unpaired) electrons. The fourth-order valence-corrected chi connectivity index (χ4v) is 2.62. The molecule has 1 aromatic rings. The fraction of sp³-hybridized carbons (Fsp3) is 0.562. The van der Waals surface area contributed by atoms with Crippen LogP contribution < -0.4 is 11.1 Å². The Balaban J connectivity index is 1.68. The first-order chi connectivity index (χ1) is 10.2. The van der Waals surface area contributed by atoms with Crippen LogP contribution in [-0.2, 0) is 9.53 Å². The van der Waals surface area contributed by atoms with Crippen molar-refractivity contribution >= 4 is 17.3 Å². The van der Waals surface area contributed by atoms with E-state index in [4.69, 9.17) is 10.5 Å². The third-order valence-corrected chi connectivity index (χ3v) is 3.96. The van der Waals surface area contributed by atoms with Gasteiger partial charge in [-0.05, 0) is 45.0 Å². The van der Waals surface area contributed by atoms with Crippen LogP contribution in [0.3, 0.4) is 0 Å². The van der Waals surface area contributed by atoms with E-state index in [-0.39, 0.29) is 5.91 Å². The number of nitrogen functional groups attached to an aromatic ring is 1. The van der Waals surface area contributed by atoms with Crippen LogP contribution in [-0.4, -0.2) is 43.7 Å². The molecule has 1 saturated heterocycles. The minimum Gasteiger partial charge on any atom is -0.397 e. The summed E-state index contributed by atoms with van der Waals surface area (Å²) in [6.45, 7) is 2.63. The van der Waals surface area contributed by atoms with E-state index >= 15 is 0 Å². The molecule has 0 atom stereocenters. The summed E-state index contributed by atoms with van der Waals surface area (Å²) in [6.07, 6.45) is 3.54. The van der Waals surface area contributed by atoms with Gasteiger partial charge in [0.15, 0.2) is 0 Å². The number of carbonyl (C=O) groups is 1. The van der Waals surface area contributed by atoms with Crippen molar-refractivity contribution in [2.24, 2.45) is 0 Å². The maximum atomic E-state index is 11.9. The maximum Gasteiger partial charge on any atom is 0.224 e. The number of para-hydroxylation sites is 2. The average molecular weight is 291 g/mol. The van der Waals surface area contributed by atoms with Crippen LogP contribution in [0.15, 0.2) is 24.3 Å². The van der Waals surface area contributed by atoms with Crippen molar-refractivity contribution in [3.63, 3.8) is 0 Å². The van der Waals surface area contributed by atoms with Gasteiger partial charge in [-0.25, -0.2) is 0 Å². The number of anilines is 2. The molecule has 1 aliphatic rings. The van der Waals surface area contributed by atoms with Gasteiger partial charge in [-0.15, -0.1) is 0 Å². The van der Waals surface area contributed by atoms with E-state index in [1.807, 2.05) is 18.2 Å². The molecule has 1 fully saturated rings. The van der Waals surface area contributed by atoms with Crippen LogP contribution in [0.4, 0.5) is 11.4 Å². The van der Waals surface area contributed by atoms with Crippen molar-refractivity contribution in [2.75, 3.05) is 37.9 Å². The lowest BCUT2D eigenvalue weighted by Gasteiger charge is -2.31. The largest absolute Gasteiger partial charge is 0.397 e. The number of ether oxygens (including phenoxy) is 1. The quantitative estimate of drug-likeness (QED) is 0.788. The fourth-order valence-electron chi connectivity index (χ4n) is 2.62. The Morgan fingerprint density at radius 1 is 1.38 bits per heavy atom. The van der Waals surface area contributed by atoms with E-state index in [2.05, 4.69) is 17.3 Å². The molecule has 0 aliphatic carbocycles. The predicted octanol–water partition coefficient (Wildman–Crippen LogP) is 2.10. The smallest absolute Gasteiger partial charge is 0.224 e. The molecule has 1 aromatic carbocycles. The standard InChI is InChI=1S/C16H25N3O2/c1-19(13-8-11-21-12-9-13)10-4-7-16(20)18-15-6-3-2-5-14(15)17/h2-3,5-6,13H,4,7-12,17H2,1H3,(H,18,20). The van der Waals surface area contributed by atoms with Gasteiger partial charge in [0.25, 0.3) is 0 Å². The van der Waals surface area contributed by atoms with Crippen molar-refractivity contribution < 1.29 is 9.53 Å². The summed E-state index contributed by atoms with van der Waals surface area (Å²) < 4.78 is 5.37. The molecular weight excluding hydrogens is 266 g/mol. The highest BCUT2D eigenvalue weighted by molar-refractivity contribution is 5.93. The number of nitrogens with zero attached hydrogens (tertiary/aromatic N) is 1. The molecule has 0 aromatic heterocycles. The summed E-state index contributed by atoms with van der Waals surface area (Å²) in [5.41, 5.74) is 7.11. The summed E-state index contributed by atoms with van der Waals surface area (Å²) in [7, 11) is 2.13. The Hall–Kier alpha value is -1.59. The second kappa shape index (κ2) is 8.00. The number of carbonyl (C=O) groups excluding carboxylic acids is 1. The molecule has 21 heavy (non-hydrogen) atoms. The number of hydrogen-bond acceptors (Lipinski definition) is 4. The van der Waals surface area contributed by atoms with Gasteiger partial charge >= 0.3 is 0 Å². The van der Waals surface area contributed by atoms with Crippen LogP contribution in [0.1, 0.15) is 25.7 Å². The number of amides is 1. The van der Waals surface area contributed by atoms with Crippen molar-refractivity contribution in [3.05, 3.63) is 24.3 Å². The summed E-state index contributed by atoms with van der Waals surface area (Å²) in [6, 6.07) is 7.92. The number of nitrogens with two attached hydrogens (primary N) is 1. The van der Waals surface area contributed by atoms with Crippen molar-refractivity contribution in [1.82, 2.24) is 4.90 Å². The molecule has 5 nitrogen and oxygen atoms in total. The minimum atomic E-state index is 0.0216. The van der Waals surface area contributed by atoms with Gasteiger partial charge < -0.3 is 20.7 Å². The van der Waals surface area contributed by atoms with E-state index in [9.17, 15) is 4.79 Å².